The summed E-state index contributed by atoms with van der Waals surface area (Å²) in [6.45, 7) is 2.76. The van der Waals surface area contributed by atoms with Gasteiger partial charge >= 0.3 is 0 Å². The van der Waals surface area contributed by atoms with Crippen molar-refractivity contribution in [2.24, 2.45) is 10.7 Å². The lowest BCUT2D eigenvalue weighted by Gasteiger charge is -2.23. The van der Waals surface area contributed by atoms with Gasteiger partial charge in [-0.2, -0.15) is 0 Å². The Hall–Kier alpha value is -2.73. The smallest absolute Gasteiger partial charge is 0.193 e. The molecule has 2 aromatic rings. The first kappa shape index (κ1) is 19.0. The summed E-state index contributed by atoms with van der Waals surface area (Å²) in [5.41, 5.74) is 8.25. The number of methoxy groups -OCH3 is 2. The van der Waals surface area contributed by atoms with Crippen LogP contribution in [0, 0.1) is 0 Å². The van der Waals surface area contributed by atoms with E-state index in [1.54, 1.807) is 14.2 Å². The van der Waals surface area contributed by atoms with Crippen LogP contribution in [-0.2, 0) is 6.54 Å². The number of guanidine groups is 1. The number of hydrogen-bond donors (Lipinski definition) is 2. The second kappa shape index (κ2) is 9.28. The number of benzene rings is 2. The summed E-state index contributed by atoms with van der Waals surface area (Å²) in [4.78, 5) is 7.05. The van der Waals surface area contributed by atoms with Gasteiger partial charge in [-0.05, 0) is 37.1 Å². The highest BCUT2D eigenvalue weighted by atomic mass is 16.5. The zero-order valence-corrected chi connectivity index (χ0v) is 16.0. The molecule has 2 aromatic carbocycles. The fourth-order valence-electron chi connectivity index (χ4n) is 3.43. The molecular formula is C21H28N4O2. The molecule has 3 rings (SSSR count). The first-order valence-electron chi connectivity index (χ1n) is 9.26. The Bertz CT molecular complexity index is 764. The molecule has 1 atom stereocenters. The topological polar surface area (TPSA) is 72.1 Å². The van der Waals surface area contributed by atoms with E-state index in [0.717, 1.165) is 25.2 Å². The van der Waals surface area contributed by atoms with E-state index < -0.39 is 0 Å². The number of hydrogen-bond acceptors (Lipinski definition) is 4. The third kappa shape index (κ3) is 5.14. The van der Waals surface area contributed by atoms with Crippen LogP contribution in [0.5, 0.6) is 11.5 Å². The van der Waals surface area contributed by atoms with E-state index >= 15 is 0 Å². The number of anilines is 1. The van der Waals surface area contributed by atoms with Gasteiger partial charge in [0.2, 0.25) is 0 Å². The number of aliphatic imine (C=N–C) groups is 1. The lowest BCUT2D eigenvalue weighted by molar-refractivity contribution is 0.250. The van der Waals surface area contributed by atoms with E-state index in [4.69, 9.17) is 15.2 Å². The molecule has 1 heterocycles. The summed E-state index contributed by atoms with van der Waals surface area (Å²) in [7, 11) is 3.23. The normalized spacial score (nSPS) is 17.7. The molecule has 0 amide bonds. The van der Waals surface area contributed by atoms with Gasteiger partial charge < -0.3 is 20.5 Å². The lowest BCUT2D eigenvalue weighted by atomic mass is 10.2. The average molecular weight is 368 g/mol. The Kier molecular flexibility index (Phi) is 6.54. The Morgan fingerprint density at radius 2 is 1.93 bits per heavy atom. The number of ether oxygens (including phenoxy) is 2. The molecule has 6 heteroatoms. The van der Waals surface area contributed by atoms with Crippen molar-refractivity contribution in [3.8, 4) is 11.5 Å². The summed E-state index contributed by atoms with van der Waals surface area (Å²) in [5.74, 6) is 1.75. The van der Waals surface area contributed by atoms with E-state index in [0.29, 0.717) is 30.0 Å². The number of nitrogens with one attached hydrogen (secondary N) is 1. The molecular weight excluding hydrogens is 340 g/mol. The Morgan fingerprint density at radius 3 is 2.67 bits per heavy atom. The van der Waals surface area contributed by atoms with Crippen LogP contribution in [0.1, 0.15) is 18.4 Å². The van der Waals surface area contributed by atoms with Crippen molar-refractivity contribution < 1.29 is 9.47 Å². The largest absolute Gasteiger partial charge is 0.493 e. The Morgan fingerprint density at radius 1 is 1.15 bits per heavy atom. The molecule has 144 valence electrons. The van der Waals surface area contributed by atoms with Crippen molar-refractivity contribution in [2.45, 2.75) is 25.4 Å². The van der Waals surface area contributed by atoms with Crippen molar-refractivity contribution in [2.75, 3.05) is 32.6 Å². The molecule has 1 aliphatic heterocycles. The summed E-state index contributed by atoms with van der Waals surface area (Å²) in [6.07, 6.45) is 2.36. The highest BCUT2D eigenvalue weighted by molar-refractivity contribution is 5.92. The predicted octanol–water partition coefficient (Wildman–Crippen LogP) is 3.10. The van der Waals surface area contributed by atoms with Crippen molar-refractivity contribution in [3.05, 3.63) is 54.1 Å². The van der Waals surface area contributed by atoms with Crippen molar-refractivity contribution in [1.82, 2.24) is 4.90 Å². The van der Waals surface area contributed by atoms with Gasteiger partial charge in [0.15, 0.2) is 17.5 Å². The minimum Gasteiger partial charge on any atom is -0.493 e. The van der Waals surface area contributed by atoms with Gasteiger partial charge in [-0.1, -0.05) is 30.3 Å². The molecule has 0 bridgehead atoms. The number of nitrogens with zero attached hydrogens (tertiary/aromatic N) is 2. The fourth-order valence-corrected chi connectivity index (χ4v) is 3.43. The van der Waals surface area contributed by atoms with E-state index in [1.807, 2.05) is 18.2 Å². The van der Waals surface area contributed by atoms with E-state index in [1.165, 1.54) is 12.0 Å². The van der Waals surface area contributed by atoms with Crippen LogP contribution < -0.4 is 20.5 Å². The third-order valence-corrected chi connectivity index (χ3v) is 4.86. The van der Waals surface area contributed by atoms with Crippen LogP contribution in [0.15, 0.2) is 53.5 Å². The molecule has 27 heavy (non-hydrogen) atoms. The zero-order chi connectivity index (χ0) is 19.1. The third-order valence-electron chi connectivity index (χ3n) is 4.86. The monoisotopic (exact) mass is 368 g/mol. The molecule has 0 spiro atoms. The summed E-state index contributed by atoms with van der Waals surface area (Å²) in [5, 5.41) is 3.13. The molecule has 1 unspecified atom stereocenters. The summed E-state index contributed by atoms with van der Waals surface area (Å²) >= 11 is 0. The number of rotatable bonds is 7. The zero-order valence-electron chi connectivity index (χ0n) is 16.0. The molecule has 3 N–H and O–H groups in total. The molecule has 0 aliphatic carbocycles. The SMILES string of the molecule is COc1ccc(NC(N)=NCC2CCCN2Cc2ccccc2)cc1OC. The molecule has 1 fully saturated rings. The van der Waals surface area contributed by atoms with Gasteiger partial charge in [-0.25, -0.2) is 0 Å². The van der Waals surface area contributed by atoms with E-state index in [2.05, 4.69) is 45.5 Å². The quantitative estimate of drug-likeness (QED) is 0.580. The first-order valence-corrected chi connectivity index (χ1v) is 9.26. The van der Waals surface area contributed by atoms with Crippen LogP contribution in [0.3, 0.4) is 0 Å². The van der Waals surface area contributed by atoms with Crippen molar-refractivity contribution >= 4 is 11.6 Å². The maximum Gasteiger partial charge on any atom is 0.193 e. The molecule has 0 saturated carbocycles. The molecule has 0 aromatic heterocycles. The van der Waals surface area contributed by atoms with Gasteiger partial charge in [-0.3, -0.25) is 9.89 Å². The van der Waals surface area contributed by atoms with Crippen LogP contribution in [-0.4, -0.2) is 44.2 Å². The Balaban J connectivity index is 1.58. The second-order valence-corrected chi connectivity index (χ2v) is 6.67. The maximum atomic E-state index is 6.09. The van der Waals surface area contributed by atoms with Crippen LogP contribution in [0.2, 0.25) is 0 Å². The van der Waals surface area contributed by atoms with Crippen LogP contribution >= 0.6 is 0 Å². The van der Waals surface area contributed by atoms with Crippen molar-refractivity contribution in [1.29, 1.82) is 0 Å². The molecule has 0 radical (unpaired) electrons. The van der Waals surface area contributed by atoms with Gasteiger partial charge in [0.05, 0.1) is 20.8 Å². The predicted molar refractivity (Wildman–Crippen MR) is 110 cm³/mol. The summed E-state index contributed by atoms with van der Waals surface area (Å²) < 4.78 is 10.6. The van der Waals surface area contributed by atoms with Gasteiger partial charge in [0, 0.05) is 24.3 Å². The minimum absolute atomic E-state index is 0.411. The summed E-state index contributed by atoms with van der Waals surface area (Å²) in [6, 6.07) is 16.6. The Labute approximate surface area is 161 Å². The molecule has 6 nitrogen and oxygen atoms in total. The molecule has 1 saturated heterocycles. The second-order valence-electron chi connectivity index (χ2n) is 6.67. The van der Waals surface area contributed by atoms with Crippen LogP contribution in [0.4, 0.5) is 5.69 Å². The van der Waals surface area contributed by atoms with E-state index in [9.17, 15) is 0 Å². The van der Waals surface area contributed by atoms with E-state index in [-0.39, 0.29) is 0 Å². The number of nitrogens with two attached hydrogens (primary N) is 1. The van der Waals surface area contributed by atoms with Crippen LogP contribution in [0.25, 0.3) is 0 Å². The maximum absolute atomic E-state index is 6.09. The standard InChI is InChI=1S/C21H28N4O2/c1-26-19-11-10-17(13-20(19)27-2)24-21(22)23-14-18-9-6-12-25(18)15-16-7-4-3-5-8-16/h3-5,7-8,10-11,13,18H,6,9,12,14-15H2,1-2H3,(H3,22,23,24). The van der Waals surface area contributed by atoms with Gasteiger partial charge in [-0.15, -0.1) is 0 Å². The molecule has 1 aliphatic rings. The van der Waals surface area contributed by atoms with Gasteiger partial charge in [0.25, 0.3) is 0 Å². The van der Waals surface area contributed by atoms with Gasteiger partial charge in [0.1, 0.15) is 0 Å². The highest BCUT2D eigenvalue weighted by Gasteiger charge is 2.24. The fraction of sp³-hybridized carbons (Fsp3) is 0.381. The first-order chi connectivity index (χ1) is 13.2. The van der Waals surface area contributed by atoms with Crippen molar-refractivity contribution in [3.63, 3.8) is 0 Å². The minimum atomic E-state index is 0.411. The lowest BCUT2D eigenvalue weighted by Crippen LogP contribution is -2.33. The highest BCUT2D eigenvalue weighted by Crippen LogP contribution is 2.29. The number of likely N-dealkylation sites (tertiary alicyclic amines) is 1. The average Bonchev–Trinajstić information content (AvgIpc) is 3.14.